The first-order chi connectivity index (χ1) is 10.2. The van der Waals surface area contributed by atoms with Crippen molar-refractivity contribution >= 4 is 0 Å². The second-order valence-electron chi connectivity index (χ2n) is 5.15. The second kappa shape index (κ2) is 10.6. The molecule has 4 heteroatoms. The summed E-state index contributed by atoms with van der Waals surface area (Å²) in [5.74, 6) is 0.883. The Kier molecular flexibility index (Phi) is 9.06. The van der Waals surface area contributed by atoms with Crippen molar-refractivity contribution < 1.29 is 14.2 Å². The Morgan fingerprint density at radius 3 is 2.67 bits per heavy atom. The number of benzene rings is 1. The lowest BCUT2D eigenvalue weighted by Crippen LogP contribution is -2.19. The van der Waals surface area contributed by atoms with Gasteiger partial charge in [0.1, 0.15) is 5.75 Å². The molecule has 0 spiro atoms. The van der Waals surface area contributed by atoms with Crippen molar-refractivity contribution in [3.8, 4) is 5.75 Å². The van der Waals surface area contributed by atoms with Crippen molar-refractivity contribution in [1.82, 2.24) is 5.32 Å². The molecular formula is C17H29NO3. The largest absolute Gasteiger partial charge is 0.496 e. The Morgan fingerprint density at radius 1 is 1.19 bits per heavy atom. The average Bonchev–Trinajstić information content (AvgIpc) is 2.52. The molecule has 1 aromatic carbocycles. The molecule has 0 bridgehead atoms. The van der Waals surface area contributed by atoms with E-state index in [1.54, 1.807) is 14.2 Å². The number of ether oxygens (including phenoxy) is 3. The van der Waals surface area contributed by atoms with Crippen molar-refractivity contribution in [2.45, 2.75) is 39.3 Å². The van der Waals surface area contributed by atoms with Crippen LogP contribution in [0.15, 0.2) is 18.2 Å². The van der Waals surface area contributed by atoms with Crippen LogP contribution in [0.1, 0.15) is 43.9 Å². The number of rotatable bonds is 11. The fourth-order valence-corrected chi connectivity index (χ4v) is 2.15. The van der Waals surface area contributed by atoms with E-state index in [1.807, 2.05) is 6.07 Å². The van der Waals surface area contributed by atoms with Gasteiger partial charge < -0.3 is 19.5 Å². The summed E-state index contributed by atoms with van der Waals surface area (Å²) < 4.78 is 16.1. The topological polar surface area (TPSA) is 39.7 Å². The maximum Gasteiger partial charge on any atom is 0.124 e. The molecule has 1 rings (SSSR count). The van der Waals surface area contributed by atoms with E-state index in [1.165, 1.54) is 5.56 Å². The Morgan fingerprint density at radius 2 is 2.00 bits per heavy atom. The predicted molar refractivity (Wildman–Crippen MR) is 85.9 cm³/mol. The fraction of sp³-hybridized carbons (Fsp3) is 0.647. The molecule has 0 amide bonds. The van der Waals surface area contributed by atoms with E-state index in [9.17, 15) is 0 Å². The van der Waals surface area contributed by atoms with E-state index in [4.69, 9.17) is 14.2 Å². The summed E-state index contributed by atoms with van der Waals surface area (Å²) in [4.78, 5) is 0. The quantitative estimate of drug-likeness (QED) is 0.636. The lowest BCUT2D eigenvalue weighted by atomic mass is 10.0. The van der Waals surface area contributed by atoms with E-state index in [0.29, 0.717) is 19.3 Å². The van der Waals surface area contributed by atoms with Gasteiger partial charge in [-0.05, 0) is 44.0 Å². The third-order valence-corrected chi connectivity index (χ3v) is 3.40. The summed E-state index contributed by atoms with van der Waals surface area (Å²) in [5.41, 5.74) is 2.36. The monoisotopic (exact) mass is 295 g/mol. The third-order valence-electron chi connectivity index (χ3n) is 3.40. The molecule has 0 aliphatic heterocycles. The second-order valence-corrected chi connectivity index (χ2v) is 5.15. The zero-order valence-corrected chi connectivity index (χ0v) is 13.8. The molecule has 0 saturated carbocycles. The predicted octanol–water partition coefficient (Wildman–Crippen LogP) is 3.31. The highest BCUT2D eigenvalue weighted by Crippen LogP contribution is 2.24. The Labute approximate surface area is 128 Å². The third kappa shape index (κ3) is 6.46. The molecule has 0 aliphatic carbocycles. The minimum atomic E-state index is 0.336. The highest BCUT2D eigenvalue weighted by molar-refractivity contribution is 5.38. The van der Waals surface area contributed by atoms with Gasteiger partial charge >= 0.3 is 0 Å². The first-order valence-corrected chi connectivity index (χ1v) is 7.69. The fourth-order valence-electron chi connectivity index (χ4n) is 2.15. The molecule has 1 atom stereocenters. The van der Waals surface area contributed by atoms with Crippen molar-refractivity contribution in [2.24, 2.45) is 0 Å². The van der Waals surface area contributed by atoms with Crippen LogP contribution in [-0.2, 0) is 16.1 Å². The zero-order valence-electron chi connectivity index (χ0n) is 13.8. The molecule has 120 valence electrons. The molecule has 0 saturated heterocycles. The number of hydrogen-bond acceptors (Lipinski definition) is 4. The maximum absolute atomic E-state index is 5.70. The summed E-state index contributed by atoms with van der Waals surface area (Å²) in [6.07, 6.45) is 2.04. The first kappa shape index (κ1) is 18.0. The van der Waals surface area contributed by atoms with Gasteiger partial charge in [0.05, 0.1) is 13.7 Å². The average molecular weight is 295 g/mol. The van der Waals surface area contributed by atoms with Gasteiger partial charge in [0, 0.05) is 31.9 Å². The van der Waals surface area contributed by atoms with Crippen molar-refractivity contribution in [3.63, 3.8) is 0 Å². The normalized spacial score (nSPS) is 12.4. The summed E-state index contributed by atoms with van der Waals surface area (Å²) >= 11 is 0. The zero-order chi connectivity index (χ0) is 15.5. The summed E-state index contributed by atoms with van der Waals surface area (Å²) in [6.45, 7) is 7.38. The lowest BCUT2D eigenvalue weighted by molar-refractivity contribution is 0.0916. The van der Waals surface area contributed by atoms with Gasteiger partial charge in [0.25, 0.3) is 0 Å². The Bertz CT molecular complexity index is 396. The molecule has 0 aromatic heterocycles. The van der Waals surface area contributed by atoms with Crippen LogP contribution < -0.4 is 10.1 Å². The van der Waals surface area contributed by atoms with E-state index >= 15 is 0 Å². The van der Waals surface area contributed by atoms with Crippen molar-refractivity contribution in [2.75, 3.05) is 34.0 Å². The molecule has 1 unspecified atom stereocenters. The molecule has 0 aliphatic rings. The first-order valence-electron chi connectivity index (χ1n) is 7.69. The van der Waals surface area contributed by atoms with Crippen LogP contribution >= 0.6 is 0 Å². The molecule has 21 heavy (non-hydrogen) atoms. The van der Waals surface area contributed by atoms with Crippen LogP contribution in [-0.4, -0.2) is 34.0 Å². The molecule has 0 heterocycles. The summed E-state index contributed by atoms with van der Waals surface area (Å²) in [7, 11) is 3.40. The van der Waals surface area contributed by atoms with Crippen LogP contribution in [0.3, 0.4) is 0 Å². The van der Waals surface area contributed by atoms with Gasteiger partial charge in [-0.2, -0.15) is 0 Å². The van der Waals surface area contributed by atoms with E-state index < -0.39 is 0 Å². The smallest absolute Gasteiger partial charge is 0.124 e. The molecule has 0 fully saturated rings. The van der Waals surface area contributed by atoms with Crippen LogP contribution in [0.2, 0.25) is 0 Å². The van der Waals surface area contributed by atoms with E-state index in [2.05, 4.69) is 31.3 Å². The summed E-state index contributed by atoms with van der Waals surface area (Å²) in [6, 6.07) is 6.64. The standard InChI is InChI=1S/C17H29NO3/c1-5-9-18-14(2)15-7-8-17(20-4)16(12-15)13-21-11-6-10-19-3/h7-8,12,14,18H,5-6,9-11,13H2,1-4H3. The van der Waals surface area contributed by atoms with Crippen LogP contribution in [0.4, 0.5) is 0 Å². The maximum atomic E-state index is 5.70. The van der Waals surface area contributed by atoms with E-state index in [0.717, 1.165) is 37.3 Å². The van der Waals surface area contributed by atoms with Gasteiger partial charge in [-0.15, -0.1) is 0 Å². The van der Waals surface area contributed by atoms with Gasteiger partial charge in [0.2, 0.25) is 0 Å². The van der Waals surface area contributed by atoms with E-state index in [-0.39, 0.29) is 0 Å². The SMILES string of the molecule is CCCNC(C)c1ccc(OC)c(COCCCOC)c1. The van der Waals surface area contributed by atoms with Gasteiger partial charge in [-0.25, -0.2) is 0 Å². The van der Waals surface area contributed by atoms with Gasteiger partial charge in [-0.3, -0.25) is 0 Å². The van der Waals surface area contributed by atoms with Crippen molar-refractivity contribution in [1.29, 1.82) is 0 Å². The van der Waals surface area contributed by atoms with Gasteiger partial charge in [0.15, 0.2) is 0 Å². The minimum absolute atomic E-state index is 0.336. The molecular weight excluding hydrogens is 266 g/mol. The highest BCUT2D eigenvalue weighted by atomic mass is 16.5. The number of methoxy groups -OCH3 is 2. The van der Waals surface area contributed by atoms with Crippen LogP contribution in [0.5, 0.6) is 5.75 Å². The molecule has 4 nitrogen and oxygen atoms in total. The molecule has 1 aromatic rings. The Hall–Kier alpha value is -1.10. The van der Waals surface area contributed by atoms with Crippen LogP contribution in [0, 0.1) is 0 Å². The van der Waals surface area contributed by atoms with Crippen LogP contribution in [0.25, 0.3) is 0 Å². The molecule has 0 radical (unpaired) electrons. The van der Waals surface area contributed by atoms with Gasteiger partial charge in [-0.1, -0.05) is 13.0 Å². The number of nitrogens with one attached hydrogen (secondary N) is 1. The minimum Gasteiger partial charge on any atom is -0.496 e. The van der Waals surface area contributed by atoms with Crippen molar-refractivity contribution in [3.05, 3.63) is 29.3 Å². The Balaban J connectivity index is 2.62. The lowest BCUT2D eigenvalue weighted by Gasteiger charge is -2.17. The highest BCUT2D eigenvalue weighted by Gasteiger charge is 2.09. The molecule has 1 N–H and O–H groups in total. The number of hydrogen-bond donors (Lipinski definition) is 1. The summed E-state index contributed by atoms with van der Waals surface area (Å²) in [5, 5.41) is 3.50.